The first-order chi connectivity index (χ1) is 9.81. The second-order valence-corrected chi connectivity index (χ2v) is 4.22. The van der Waals surface area contributed by atoms with Gasteiger partial charge < -0.3 is 14.8 Å². The summed E-state index contributed by atoms with van der Waals surface area (Å²) >= 11 is 0. The van der Waals surface area contributed by atoms with Crippen LogP contribution in [0.5, 0.6) is 11.5 Å². The number of benzene rings is 1. The van der Waals surface area contributed by atoms with Gasteiger partial charge in [0.15, 0.2) is 17.3 Å². The number of nitrogens with zero attached hydrogens (tertiary/aromatic N) is 2. The summed E-state index contributed by atoms with van der Waals surface area (Å²) in [7, 11) is 3.24. The van der Waals surface area contributed by atoms with Crippen LogP contribution in [0, 0.1) is 0 Å². The van der Waals surface area contributed by atoms with E-state index in [0.717, 1.165) is 30.0 Å². The summed E-state index contributed by atoms with van der Waals surface area (Å²) in [6, 6.07) is 5.72. The van der Waals surface area contributed by atoms with Crippen molar-refractivity contribution in [2.24, 2.45) is 0 Å². The topological polar surface area (TPSA) is 56.3 Å². The van der Waals surface area contributed by atoms with Gasteiger partial charge in [0, 0.05) is 24.5 Å². The fourth-order valence-electron chi connectivity index (χ4n) is 1.98. The van der Waals surface area contributed by atoms with Crippen LogP contribution in [0.3, 0.4) is 0 Å². The number of rotatable bonds is 6. The average molecular weight is 273 g/mol. The van der Waals surface area contributed by atoms with E-state index in [1.54, 1.807) is 26.6 Å². The normalized spacial score (nSPS) is 10.2. The molecule has 106 valence electrons. The summed E-state index contributed by atoms with van der Waals surface area (Å²) in [6.07, 6.45) is 4.37. The first kappa shape index (κ1) is 14.1. The summed E-state index contributed by atoms with van der Waals surface area (Å²) in [5.74, 6) is 2.09. The maximum Gasteiger partial charge on any atom is 0.170 e. The molecule has 1 N–H and O–H groups in total. The van der Waals surface area contributed by atoms with Crippen molar-refractivity contribution in [1.29, 1.82) is 0 Å². The number of hydrogen-bond acceptors (Lipinski definition) is 5. The molecular weight excluding hydrogens is 254 g/mol. The Bertz CT molecular complexity index is 573. The highest BCUT2D eigenvalue weighted by atomic mass is 16.5. The minimum Gasteiger partial charge on any atom is -0.493 e. The van der Waals surface area contributed by atoms with E-state index in [2.05, 4.69) is 22.2 Å². The molecule has 0 radical (unpaired) electrons. The van der Waals surface area contributed by atoms with Crippen molar-refractivity contribution in [3.8, 4) is 22.8 Å². The van der Waals surface area contributed by atoms with E-state index in [9.17, 15) is 0 Å². The van der Waals surface area contributed by atoms with Gasteiger partial charge in [-0.2, -0.15) is 0 Å². The predicted molar refractivity (Wildman–Crippen MR) is 79.4 cm³/mol. The fourth-order valence-corrected chi connectivity index (χ4v) is 1.98. The molecule has 0 aliphatic rings. The predicted octanol–water partition coefficient (Wildman–Crippen LogP) is 2.98. The van der Waals surface area contributed by atoms with Gasteiger partial charge in [-0.3, -0.25) is 4.98 Å². The van der Waals surface area contributed by atoms with Crippen LogP contribution < -0.4 is 14.8 Å². The van der Waals surface area contributed by atoms with Crippen LogP contribution in [0.4, 0.5) is 5.82 Å². The van der Waals surface area contributed by atoms with Crippen molar-refractivity contribution in [1.82, 2.24) is 9.97 Å². The maximum atomic E-state index is 5.46. The second kappa shape index (κ2) is 6.75. The fraction of sp³-hybridized carbons (Fsp3) is 0.333. The quantitative estimate of drug-likeness (QED) is 0.876. The lowest BCUT2D eigenvalue weighted by atomic mass is 10.1. The Morgan fingerprint density at radius 2 is 1.90 bits per heavy atom. The molecule has 2 aromatic rings. The number of para-hydroxylation sites is 1. The maximum absolute atomic E-state index is 5.46. The van der Waals surface area contributed by atoms with Crippen molar-refractivity contribution < 1.29 is 9.47 Å². The lowest BCUT2D eigenvalue weighted by Gasteiger charge is -2.14. The third-order valence-corrected chi connectivity index (χ3v) is 2.90. The molecule has 20 heavy (non-hydrogen) atoms. The molecule has 5 nitrogen and oxygen atoms in total. The first-order valence-corrected chi connectivity index (χ1v) is 6.58. The van der Waals surface area contributed by atoms with Crippen LogP contribution in [0.25, 0.3) is 11.3 Å². The Balaban J connectivity index is 2.51. The monoisotopic (exact) mass is 273 g/mol. The van der Waals surface area contributed by atoms with Crippen molar-refractivity contribution in [3.63, 3.8) is 0 Å². The second-order valence-electron chi connectivity index (χ2n) is 4.22. The third-order valence-electron chi connectivity index (χ3n) is 2.90. The molecule has 0 bridgehead atoms. The first-order valence-electron chi connectivity index (χ1n) is 6.58. The third kappa shape index (κ3) is 2.82. The highest BCUT2D eigenvalue weighted by molar-refractivity contribution is 5.78. The van der Waals surface area contributed by atoms with Gasteiger partial charge in [0.2, 0.25) is 0 Å². The van der Waals surface area contributed by atoms with Crippen LogP contribution in [0.15, 0.2) is 30.6 Å². The van der Waals surface area contributed by atoms with E-state index in [1.165, 1.54) is 0 Å². The molecule has 0 amide bonds. The lowest BCUT2D eigenvalue weighted by molar-refractivity contribution is 0.356. The van der Waals surface area contributed by atoms with E-state index in [1.807, 2.05) is 18.2 Å². The largest absolute Gasteiger partial charge is 0.493 e. The van der Waals surface area contributed by atoms with Gasteiger partial charge in [0.05, 0.1) is 14.2 Å². The van der Waals surface area contributed by atoms with Crippen LogP contribution >= 0.6 is 0 Å². The molecule has 0 saturated carbocycles. The van der Waals surface area contributed by atoms with E-state index in [0.29, 0.717) is 11.5 Å². The van der Waals surface area contributed by atoms with Gasteiger partial charge in [-0.25, -0.2) is 4.98 Å². The van der Waals surface area contributed by atoms with E-state index >= 15 is 0 Å². The van der Waals surface area contributed by atoms with Crippen LogP contribution in [-0.4, -0.2) is 30.7 Å². The zero-order valence-corrected chi connectivity index (χ0v) is 12.0. The Morgan fingerprint density at radius 1 is 1.10 bits per heavy atom. The van der Waals surface area contributed by atoms with Gasteiger partial charge >= 0.3 is 0 Å². The van der Waals surface area contributed by atoms with Crippen molar-refractivity contribution in [3.05, 3.63) is 30.6 Å². The van der Waals surface area contributed by atoms with Gasteiger partial charge in [0.1, 0.15) is 5.69 Å². The lowest BCUT2D eigenvalue weighted by Crippen LogP contribution is -2.05. The Kier molecular flexibility index (Phi) is 4.76. The Morgan fingerprint density at radius 3 is 2.60 bits per heavy atom. The van der Waals surface area contributed by atoms with Crippen molar-refractivity contribution in [2.75, 3.05) is 26.1 Å². The molecule has 5 heteroatoms. The standard InChI is InChI=1S/C15H19N3O2/c1-4-8-17-15-13(16-9-10-18-15)11-6-5-7-12(19-2)14(11)20-3/h5-7,9-10H,4,8H2,1-3H3,(H,17,18). The molecule has 0 saturated heterocycles. The highest BCUT2D eigenvalue weighted by Gasteiger charge is 2.16. The summed E-state index contributed by atoms with van der Waals surface area (Å²) < 4.78 is 10.8. The smallest absolute Gasteiger partial charge is 0.170 e. The molecule has 0 unspecified atom stereocenters. The van der Waals surface area contributed by atoms with Crippen molar-refractivity contribution in [2.45, 2.75) is 13.3 Å². The summed E-state index contributed by atoms with van der Waals surface area (Å²) in [5.41, 5.74) is 1.62. The van der Waals surface area contributed by atoms with Gasteiger partial charge in [-0.05, 0) is 18.6 Å². The summed E-state index contributed by atoms with van der Waals surface area (Å²) in [4.78, 5) is 8.78. The SMILES string of the molecule is CCCNc1nccnc1-c1cccc(OC)c1OC. The molecule has 1 heterocycles. The number of nitrogens with one attached hydrogen (secondary N) is 1. The van der Waals surface area contributed by atoms with Gasteiger partial charge in [-0.15, -0.1) is 0 Å². The van der Waals surface area contributed by atoms with E-state index < -0.39 is 0 Å². The number of methoxy groups -OCH3 is 2. The molecule has 2 rings (SSSR count). The van der Waals surface area contributed by atoms with E-state index in [4.69, 9.17) is 9.47 Å². The average Bonchev–Trinajstić information content (AvgIpc) is 2.52. The van der Waals surface area contributed by atoms with Crippen LogP contribution in [0.2, 0.25) is 0 Å². The van der Waals surface area contributed by atoms with Gasteiger partial charge in [-0.1, -0.05) is 13.0 Å². The number of anilines is 1. The number of aromatic nitrogens is 2. The Labute approximate surface area is 119 Å². The molecule has 1 aromatic carbocycles. The molecule has 0 atom stereocenters. The zero-order valence-electron chi connectivity index (χ0n) is 12.0. The molecular formula is C15H19N3O2. The molecule has 0 fully saturated rings. The highest BCUT2D eigenvalue weighted by Crippen LogP contribution is 2.38. The van der Waals surface area contributed by atoms with Gasteiger partial charge in [0.25, 0.3) is 0 Å². The molecule has 0 aliphatic carbocycles. The number of ether oxygens (including phenoxy) is 2. The number of hydrogen-bond donors (Lipinski definition) is 1. The Hall–Kier alpha value is -2.30. The zero-order chi connectivity index (χ0) is 14.4. The summed E-state index contributed by atoms with van der Waals surface area (Å²) in [6.45, 7) is 2.95. The summed E-state index contributed by atoms with van der Waals surface area (Å²) in [5, 5.41) is 3.28. The van der Waals surface area contributed by atoms with Crippen molar-refractivity contribution >= 4 is 5.82 Å². The minimum atomic E-state index is 0.662. The van der Waals surface area contributed by atoms with E-state index in [-0.39, 0.29) is 0 Å². The molecule has 0 spiro atoms. The minimum absolute atomic E-state index is 0.662. The van der Waals surface area contributed by atoms with Crippen LogP contribution in [0.1, 0.15) is 13.3 Å². The molecule has 1 aromatic heterocycles. The van der Waals surface area contributed by atoms with Crippen LogP contribution in [-0.2, 0) is 0 Å². The molecule has 0 aliphatic heterocycles.